The minimum absolute atomic E-state index is 0. The first-order chi connectivity index (χ1) is 13.2. The molecule has 0 aliphatic rings. The van der Waals surface area contributed by atoms with Crippen molar-refractivity contribution in [2.45, 2.75) is 20.0 Å². The largest absolute Gasteiger partial charge is 0.457 e. The SMILES string of the molecule is CN=C(NCc1ccc(C)cc1Oc1ccccc1)NCc1ccnn1C.I. The Morgan fingerprint density at radius 3 is 2.50 bits per heavy atom. The molecule has 6 nitrogen and oxygen atoms in total. The third-order valence-corrected chi connectivity index (χ3v) is 4.22. The van der Waals surface area contributed by atoms with Gasteiger partial charge in [-0.3, -0.25) is 9.67 Å². The van der Waals surface area contributed by atoms with Gasteiger partial charge in [-0.25, -0.2) is 0 Å². The van der Waals surface area contributed by atoms with Gasteiger partial charge < -0.3 is 15.4 Å². The molecule has 0 radical (unpaired) electrons. The fraction of sp³-hybridized carbons (Fsp3) is 0.238. The summed E-state index contributed by atoms with van der Waals surface area (Å²) < 4.78 is 7.92. The highest BCUT2D eigenvalue weighted by Crippen LogP contribution is 2.26. The molecule has 3 rings (SSSR count). The van der Waals surface area contributed by atoms with Crippen molar-refractivity contribution in [3.63, 3.8) is 0 Å². The number of nitrogens with one attached hydrogen (secondary N) is 2. The summed E-state index contributed by atoms with van der Waals surface area (Å²) in [6, 6.07) is 18.0. The molecule has 0 aliphatic heterocycles. The zero-order valence-corrected chi connectivity index (χ0v) is 18.7. The van der Waals surface area contributed by atoms with Crippen molar-refractivity contribution in [3.8, 4) is 11.5 Å². The number of rotatable bonds is 6. The highest BCUT2D eigenvalue weighted by molar-refractivity contribution is 14.0. The molecule has 0 aliphatic carbocycles. The fourth-order valence-electron chi connectivity index (χ4n) is 2.67. The van der Waals surface area contributed by atoms with E-state index < -0.39 is 0 Å². The van der Waals surface area contributed by atoms with Crippen LogP contribution in [0.2, 0.25) is 0 Å². The van der Waals surface area contributed by atoms with E-state index in [9.17, 15) is 0 Å². The first-order valence-corrected chi connectivity index (χ1v) is 8.89. The third-order valence-electron chi connectivity index (χ3n) is 4.22. The second kappa shape index (κ2) is 10.7. The lowest BCUT2D eigenvalue weighted by molar-refractivity contribution is 0.474. The topological polar surface area (TPSA) is 63.5 Å². The van der Waals surface area contributed by atoms with Gasteiger partial charge in [-0.05, 0) is 36.8 Å². The van der Waals surface area contributed by atoms with Gasteiger partial charge in [0.1, 0.15) is 11.5 Å². The van der Waals surface area contributed by atoms with E-state index in [2.05, 4.69) is 45.8 Å². The summed E-state index contributed by atoms with van der Waals surface area (Å²) in [5, 5.41) is 10.8. The Labute approximate surface area is 183 Å². The van der Waals surface area contributed by atoms with E-state index in [-0.39, 0.29) is 24.0 Å². The number of nitrogens with zero attached hydrogens (tertiary/aromatic N) is 3. The van der Waals surface area contributed by atoms with Crippen LogP contribution in [0.15, 0.2) is 65.8 Å². The van der Waals surface area contributed by atoms with E-state index in [0.29, 0.717) is 13.1 Å². The Kier molecular flexibility index (Phi) is 8.31. The maximum absolute atomic E-state index is 6.08. The number of guanidine groups is 1. The first-order valence-electron chi connectivity index (χ1n) is 8.89. The van der Waals surface area contributed by atoms with Crippen LogP contribution in [0.5, 0.6) is 11.5 Å². The lowest BCUT2D eigenvalue weighted by Gasteiger charge is -2.15. The number of halogens is 1. The van der Waals surface area contributed by atoms with Gasteiger partial charge in [0, 0.05) is 32.4 Å². The average molecular weight is 491 g/mol. The van der Waals surface area contributed by atoms with Gasteiger partial charge in [-0.2, -0.15) is 5.10 Å². The molecular formula is C21H26IN5O. The van der Waals surface area contributed by atoms with E-state index >= 15 is 0 Å². The van der Waals surface area contributed by atoms with Crippen molar-refractivity contribution in [2.24, 2.45) is 12.0 Å². The Hall–Kier alpha value is -2.55. The second-order valence-electron chi connectivity index (χ2n) is 6.25. The lowest BCUT2D eigenvalue weighted by atomic mass is 10.1. The summed E-state index contributed by atoms with van der Waals surface area (Å²) in [4.78, 5) is 4.29. The van der Waals surface area contributed by atoms with Crippen LogP contribution in [0.3, 0.4) is 0 Å². The zero-order valence-electron chi connectivity index (χ0n) is 16.3. The van der Waals surface area contributed by atoms with Gasteiger partial charge in [-0.15, -0.1) is 24.0 Å². The molecule has 0 spiro atoms. The summed E-state index contributed by atoms with van der Waals surface area (Å²) in [5.41, 5.74) is 3.30. The molecule has 0 saturated carbocycles. The number of aliphatic imine (C=N–C) groups is 1. The number of ether oxygens (including phenoxy) is 1. The van der Waals surface area contributed by atoms with Crippen LogP contribution >= 0.6 is 24.0 Å². The zero-order chi connectivity index (χ0) is 19.1. The van der Waals surface area contributed by atoms with Gasteiger partial charge in [0.25, 0.3) is 0 Å². The second-order valence-corrected chi connectivity index (χ2v) is 6.25. The number of para-hydroxylation sites is 1. The van der Waals surface area contributed by atoms with Crippen LogP contribution < -0.4 is 15.4 Å². The van der Waals surface area contributed by atoms with Gasteiger partial charge in [-0.1, -0.05) is 30.3 Å². The summed E-state index contributed by atoms with van der Waals surface area (Å²) in [6.07, 6.45) is 1.78. The molecule has 0 unspecified atom stereocenters. The molecule has 1 heterocycles. The van der Waals surface area contributed by atoms with E-state index in [1.807, 2.05) is 48.1 Å². The molecule has 2 aromatic carbocycles. The van der Waals surface area contributed by atoms with Crippen molar-refractivity contribution in [3.05, 3.63) is 77.6 Å². The molecule has 7 heteroatoms. The van der Waals surface area contributed by atoms with E-state index in [0.717, 1.165) is 34.3 Å². The lowest BCUT2D eigenvalue weighted by Crippen LogP contribution is -2.36. The number of aromatic nitrogens is 2. The Morgan fingerprint density at radius 2 is 1.82 bits per heavy atom. The predicted molar refractivity (Wildman–Crippen MR) is 123 cm³/mol. The van der Waals surface area contributed by atoms with Crippen LogP contribution in [0.25, 0.3) is 0 Å². The number of hydrogen-bond donors (Lipinski definition) is 2. The van der Waals surface area contributed by atoms with Gasteiger partial charge in [0.2, 0.25) is 0 Å². The van der Waals surface area contributed by atoms with E-state index in [4.69, 9.17) is 4.74 Å². The maximum atomic E-state index is 6.08. The summed E-state index contributed by atoms with van der Waals surface area (Å²) >= 11 is 0. The highest BCUT2D eigenvalue weighted by Gasteiger charge is 2.08. The third kappa shape index (κ3) is 5.98. The van der Waals surface area contributed by atoms with Crippen molar-refractivity contribution in [2.75, 3.05) is 7.05 Å². The molecule has 0 bridgehead atoms. The molecular weight excluding hydrogens is 465 g/mol. The molecule has 0 saturated heterocycles. The standard InChI is InChI=1S/C21H25N5O.HI/c1-16-9-10-17(20(13-16)27-19-7-5-4-6-8-19)14-23-21(22-2)24-15-18-11-12-25-26(18)3;/h4-13H,14-15H2,1-3H3,(H2,22,23,24);1H. The van der Waals surface area contributed by atoms with Crippen LogP contribution in [-0.4, -0.2) is 22.8 Å². The van der Waals surface area contributed by atoms with Crippen LogP contribution in [-0.2, 0) is 20.1 Å². The van der Waals surface area contributed by atoms with Crippen LogP contribution in [0.1, 0.15) is 16.8 Å². The van der Waals surface area contributed by atoms with E-state index in [1.54, 1.807) is 13.2 Å². The fourth-order valence-corrected chi connectivity index (χ4v) is 2.67. The summed E-state index contributed by atoms with van der Waals surface area (Å²) in [5.74, 6) is 2.39. The molecule has 0 amide bonds. The molecule has 0 atom stereocenters. The van der Waals surface area contributed by atoms with Gasteiger partial charge >= 0.3 is 0 Å². The maximum Gasteiger partial charge on any atom is 0.191 e. The van der Waals surface area contributed by atoms with Crippen molar-refractivity contribution in [1.82, 2.24) is 20.4 Å². The number of benzene rings is 2. The molecule has 0 fully saturated rings. The monoisotopic (exact) mass is 491 g/mol. The minimum atomic E-state index is 0. The molecule has 2 N–H and O–H groups in total. The first kappa shape index (κ1) is 21.7. The normalized spacial score (nSPS) is 10.9. The van der Waals surface area contributed by atoms with Gasteiger partial charge in [0.05, 0.1) is 12.2 Å². The molecule has 1 aromatic heterocycles. The highest BCUT2D eigenvalue weighted by atomic mass is 127. The minimum Gasteiger partial charge on any atom is -0.457 e. The van der Waals surface area contributed by atoms with Crippen molar-refractivity contribution in [1.29, 1.82) is 0 Å². The molecule has 28 heavy (non-hydrogen) atoms. The smallest absolute Gasteiger partial charge is 0.191 e. The Morgan fingerprint density at radius 1 is 1.07 bits per heavy atom. The summed E-state index contributed by atoms with van der Waals surface area (Å²) in [6.45, 7) is 3.31. The summed E-state index contributed by atoms with van der Waals surface area (Å²) in [7, 11) is 3.68. The predicted octanol–water partition coefficient (Wildman–Crippen LogP) is 4.00. The van der Waals surface area contributed by atoms with Crippen LogP contribution in [0, 0.1) is 6.92 Å². The van der Waals surface area contributed by atoms with Crippen molar-refractivity contribution < 1.29 is 4.74 Å². The van der Waals surface area contributed by atoms with E-state index in [1.165, 1.54) is 0 Å². The Bertz CT molecular complexity index is 908. The van der Waals surface area contributed by atoms with Crippen LogP contribution in [0.4, 0.5) is 0 Å². The number of hydrogen-bond acceptors (Lipinski definition) is 3. The van der Waals surface area contributed by atoms with Crippen molar-refractivity contribution >= 4 is 29.9 Å². The Balaban J connectivity index is 0.00000280. The average Bonchev–Trinajstić information content (AvgIpc) is 3.09. The van der Waals surface area contributed by atoms with Gasteiger partial charge in [0.15, 0.2) is 5.96 Å². The quantitative estimate of drug-likeness (QED) is 0.311. The molecule has 3 aromatic rings. The molecule has 148 valence electrons. The number of aryl methyl sites for hydroxylation is 2.